The minimum Gasteiger partial charge on any atom is -0.493 e. The molecule has 0 saturated carbocycles. The number of rotatable bonds is 5. The molecular formula is C16H20N2O3. The van der Waals surface area contributed by atoms with Crippen LogP contribution in [0, 0.1) is 6.92 Å². The van der Waals surface area contributed by atoms with Gasteiger partial charge < -0.3 is 14.5 Å². The van der Waals surface area contributed by atoms with E-state index >= 15 is 0 Å². The van der Waals surface area contributed by atoms with Crippen molar-refractivity contribution in [3.63, 3.8) is 0 Å². The molecule has 0 unspecified atom stereocenters. The van der Waals surface area contributed by atoms with Crippen LogP contribution in [0.3, 0.4) is 0 Å². The van der Waals surface area contributed by atoms with E-state index in [0.29, 0.717) is 29.3 Å². The Hall–Kier alpha value is -2.30. The molecule has 0 fully saturated rings. The van der Waals surface area contributed by atoms with E-state index < -0.39 is 0 Å². The van der Waals surface area contributed by atoms with Gasteiger partial charge in [-0.3, -0.25) is 4.79 Å². The van der Waals surface area contributed by atoms with Crippen molar-refractivity contribution in [1.29, 1.82) is 0 Å². The predicted octanol–water partition coefficient (Wildman–Crippen LogP) is 2.25. The lowest BCUT2D eigenvalue weighted by atomic mass is 10.1. The van der Waals surface area contributed by atoms with Crippen LogP contribution in [0.2, 0.25) is 0 Å². The van der Waals surface area contributed by atoms with Crippen molar-refractivity contribution in [2.45, 2.75) is 26.7 Å². The number of hydrogen-bond donors (Lipinski definition) is 1. The number of nitrogens with one attached hydrogen (secondary N) is 1. The van der Waals surface area contributed by atoms with E-state index in [0.717, 1.165) is 17.7 Å². The van der Waals surface area contributed by atoms with Crippen LogP contribution in [-0.4, -0.2) is 24.2 Å². The van der Waals surface area contributed by atoms with Crippen molar-refractivity contribution in [3.8, 4) is 11.5 Å². The van der Waals surface area contributed by atoms with E-state index in [1.54, 1.807) is 21.1 Å². The molecule has 0 atom stereocenters. The highest BCUT2D eigenvalue weighted by molar-refractivity contribution is 5.43. The summed E-state index contributed by atoms with van der Waals surface area (Å²) < 4.78 is 10.5. The molecule has 2 rings (SSSR count). The quantitative estimate of drug-likeness (QED) is 0.916. The molecule has 0 aliphatic rings. The minimum absolute atomic E-state index is 0.0719. The highest BCUT2D eigenvalue weighted by Crippen LogP contribution is 2.28. The van der Waals surface area contributed by atoms with E-state index in [1.807, 2.05) is 25.1 Å². The normalized spacial score (nSPS) is 10.5. The monoisotopic (exact) mass is 288 g/mol. The number of benzene rings is 1. The molecule has 2 aromatic rings. The molecular weight excluding hydrogens is 268 g/mol. The maximum absolute atomic E-state index is 11.9. The van der Waals surface area contributed by atoms with Gasteiger partial charge in [-0.2, -0.15) is 0 Å². The van der Waals surface area contributed by atoms with Crippen molar-refractivity contribution in [2.24, 2.45) is 0 Å². The second-order valence-electron chi connectivity index (χ2n) is 4.80. The highest BCUT2D eigenvalue weighted by Gasteiger charge is 2.09. The lowest BCUT2D eigenvalue weighted by molar-refractivity contribution is 0.354. The summed E-state index contributed by atoms with van der Waals surface area (Å²) in [7, 11) is 3.20. The number of hydrogen-bond acceptors (Lipinski definition) is 4. The van der Waals surface area contributed by atoms with Crippen molar-refractivity contribution in [2.75, 3.05) is 14.2 Å². The van der Waals surface area contributed by atoms with E-state index in [-0.39, 0.29) is 5.56 Å². The van der Waals surface area contributed by atoms with Crippen molar-refractivity contribution in [1.82, 2.24) is 9.97 Å². The zero-order valence-electron chi connectivity index (χ0n) is 12.8. The van der Waals surface area contributed by atoms with Crippen LogP contribution in [-0.2, 0) is 12.8 Å². The van der Waals surface area contributed by atoms with Gasteiger partial charge in [0.15, 0.2) is 11.5 Å². The van der Waals surface area contributed by atoms with Crippen molar-refractivity contribution in [3.05, 3.63) is 51.2 Å². The second kappa shape index (κ2) is 6.43. The minimum atomic E-state index is -0.0719. The summed E-state index contributed by atoms with van der Waals surface area (Å²) in [6.45, 7) is 3.79. The van der Waals surface area contributed by atoms with Gasteiger partial charge in [-0.25, -0.2) is 4.98 Å². The fourth-order valence-corrected chi connectivity index (χ4v) is 2.24. The molecule has 1 aromatic carbocycles. The molecule has 112 valence electrons. The van der Waals surface area contributed by atoms with Gasteiger partial charge >= 0.3 is 0 Å². The summed E-state index contributed by atoms with van der Waals surface area (Å²) in [6.07, 6.45) is 1.29. The molecule has 1 aromatic heterocycles. The Morgan fingerprint density at radius 2 is 1.90 bits per heavy atom. The average Bonchev–Trinajstić information content (AvgIpc) is 2.50. The largest absolute Gasteiger partial charge is 0.493 e. The standard InChI is InChI=1S/C16H20N2O3/c1-5-12-10(2)16(19)18-15(17-12)9-11-6-7-13(20-3)14(8-11)21-4/h6-8H,5,9H2,1-4H3,(H,17,18,19). The molecule has 0 aliphatic heterocycles. The Labute approximate surface area is 124 Å². The molecule has 0 bridgehead atoms. The molecule has 0 spiro atoms. The van der Waals surface area contributed by atoms with Crippen LogP contribution in [0.5, 0.6) is 11.5 Å². The maximum atomic E-state index is 11.9. The number of H-pyrrole nitrogens is 1. The Morgan fingerprint density at radius 1 is 1.19 bits per heavy atom. The lowest BCUT2D eigenvalue weighted by Crippen LogP contribution is -2.17. The summed E-state index contributed by atoms with van der Waals surface area (Å²) in [6, 6.07) is 5.68. The molecule has 0 amide bonds. The van der Waals surface area contributed by atoms with Gasteiger partial charge in [0.2, 0.25) is 0 Å². The first-order valence-corrected chi connectivity index (χ1v) is 6.88. The molecule has 0 radical (unpaired) electrons. The van der Waals surface area contributed by atoms with Gasteiger partial charge in [-0.05, 0) is 31.0 Å². The predicted molar refractivity (Wildman–Crippen MR) is 81.3 cm³/mol. The molecule has 21 heavy (non-hydrogen) atoms. The molecule has 0 saturated heterocycles. The van der Waals surface area contributed by atoms with Gasteiger partial charge in [-0.1, -0.05) is 13.0 Å². The van der Waals surface area contributed by atoms with E-state index in [1.165, 1.54) is 0 Å². The number of ether oxygens (including phenoxy) is 2. The van der Waals surface area contributed by atoms with Crippen LogP contribution < -0.4 is 15.0 Å². The van der Waals surface area contributed by atoms with E-state index in [2.05, 4.69) is 9.97 Å². The Bertz CT molecular complexity index is 692. The zero-order valence-corrected chi connectivity index (χ0v) is 12.8. The number of aromatic nitrogens is 2. The Morgan fingerprint density at radius 3 is 2.52 bits per heavy atom. The third-order valence-corrected chi connectivity index (χ3v) is 3.46. The third-order valence-electron chi connectivity index (χ3n) is 3.46. The van der Waals surface area contributed by atoms with E-state index in [9.17, 15) is 4.79 Å². The number of aromatic amines is 1. The van der Waals surface area contributed by atoms with Gasteiger partial charge in [0.05, 0.1) is 19.9 Å². The van der Waals surface area contributed by atoms with Gasteiger partial charge in [-0.15, -0.1) is 0 Å². The fourth-order valence-electron chi connectivity index (χ4n) is 2.24. The molecule has 0 aliphatic carbocycles. The van der Waals surface area contributed by atoms with Gasteiger partial charge in [0.25, 0.3) is 5.56 Å². The lowest BCUT2D eigenvalue weighted by Gasteiger charge is -2.10. The Balaban J connectivity index is 2.34. The fraction of sp³-hybridized carbons (Fsp3) is 0.375. The first-order chi connectivity index (χ1) is 10.1. The second-order valence-corrected chi connectivity index (χ2v) is 4.80. The summed E-state index contributed by atoms with van der Waals surface area (Å²) in [5.74, 6) is 2.01. The molecule has 1 heterocycles. The van der Waals surface area contributed by atoms with E-state index in [4.69, 9.17) is 9.47 Å². The van der Waals surface area contributed by atoms with Crippen molar-refractivity contribution >= 4 is 0 Å². The smallest absolute Gasteiger partial charge is 0.254 e. The van der Waals surface area contributed by atoms with Crippen LogP contribution in [0.1, 0.15) is 29.6 Å². The first-order valence-electron chi connectivity index (χ1n) is 6.88. The van der Waals surface area contributed by atoms with Crippen LogP contribution in [0.25, 0.3) is 0 Å². The van der Waals surface area contributed by atoms with Crippen LogP contribution in [0.15, 0.2) is 23.0 Å². The van der Waals surface area contributed by atoms with Crippen LogP contribution in [0.4, 0.5) is 0 Å². The molecule has 5 nitrogen and oxygen atoms in total. The maximum Gasteiger partial charge on any atom is 0.254 e. The van der Waals surface area contributed by atoms with Crippen LogP contribution >= 0.6 is 0 Å². The molecule has 1 N–H and O–H groups in total. The number of aryl methyl sites for hydroxylation is 1. The summed E-state index contributed by atoms with van der Waals surface area (Å²) >= 11 is 0. The molecule has 5 heteroatoms. The number of nitrogens with zero attached hydrogens (tertiary/aromatic N) is 1. The summed E-state index contributed by atoms with van der Waals surface area (Å²) in [4.78, 5) is 19.2. The SMILES string of the molecule is CCc1nc(Cc2ccc(OC)c(OC)c2)[nH]c(=O)c1C. The first kappa shape index (κ1) is 15.1. The van der Waals surface area contributed by atoms with Gasteiger partial charge in [0.1, 0.15) is 5.82 Å². The summed E-state index contributed by atoms with van der Waals surface area (Å²) in [5.41, 5.74) is 2.46. The Kier molecular flexibility index (Phi) is 4.62. The average molecular weight is 288 g/mol. The topological polar surface area (TPSA) is 64.2 Å². The van der Waals surface area contributed by atoms with Crippen molar-refractivity contribution < 1.29 is 9.47 Å². The zero-order chi connectivity index (χ0) is 15.4. The highest BCUT2D eigenvalue weighted by atomic mass is 16.5. The third kappa shape index (κ3) is 3.24. The number of methoxy groups -OCH3 is 2. The van der Waals surface area contributed by atoms with Gasteiger partial charge in [0, 0.05) is 12.0 Å². The summed E-state index contributed by atoms with van der Waals surface area (Å²) in [5, 5.41) is 0.